The molecular weight excluding hydrogens is 290 g/mol. The van der Waals surface area contributed by atoms with Crippen LogP contribution in [0.25, 0.3) is 0 Å². The number of hydrogen-bond acceptors (Lipinski definition) is 4. The van der Waals surface area contributed by atoms with Crippen LogP contribution in [-0.2, 0) is 6.54 Å². The highest BCUT2D eigenvalue weighted by atomic mass is 16.2. The first-order valence-corrected chi connectivity index (χ1v) is 8.22. The van der Waals surface area contributed by atoms with Crippen LogP contribution in [0.15, 0.2) is 36.8 Å². The second kappa shape index (κ2) is 6.12. The first-order chi connectivity index (χ1) is 11.3. The third kappa shape index (κ3) is 2.99. The van der Waals surface area contributed by atoms with E-state index in [1.165, 1.54) is 6.42 Å². The Hall–Kier alpha value is -2.21. The van der Waals surface area contributed by atoms with E-state index in [1.807, 2.05) is 23.2 Å². The third-order valence-electron chi connectivity index (χ3n) is 4.91. The fourth-order valence-corrected chi connectivity index (χ4v) is 3.77. The zero-order valence-electron chi connectivity index (χ0n) is 13.1. The molecule has 1 amide bonds. The van der Waals surface area contributed by atoms with E-state index < -0.39 is 0 Å². The highest BCUT2D eigenvalue weighted by Gasteiger charge is 2.37. The van der Waals surface area contributed by atoms with Gasteiger partial charge in [0.05, 0.1) is 6.54 Å². The summed E-state index contributed by atoms with van der Waals surface area (Å²) in [6.45, 7) is 3.49. The summed E-state index contributed by atoms with van der Waals surface area (Å²) in [5.41, 5.74) is 0.548. The number of pyridine rings is 1. The van der Waals surface area contributed by atoms with Crippen LogP contribution >= 0.6 is 0 Å². The molecule has 0 aliphatic carbocycles. The van der Waals surface area contributed by atoms with E-state index >= 15 is 0 Å². The van der Waals surface area contributed by atoms with Crippen molar-refractivity contribution in [3.8, 4) is 0 Å². The Bertz CT molecular complexity index is 657. The van der Waals surface area contributed by atoms with E-state index in [2.05, 4.69) is 19.9 Å². The van der Waals surface area contributed by atoms with Gasteiger partial charge in [-0.05, 0) is 30.9 Å². The maximum atomic E-state index is 12.7. The Morgan fingerprint density at radius 2 is 2.13 bits per heavy atom. The second-order valence-electron chi connectivity index (χ2n) is 6.49. The Morgan fingerprint density at radius 3 is 2.91 bits per heavy atom. The molecule has 3 fully saturated rings. The summed E-state index contributed by atoms with van der Waals surface area (Å²) in [4.78, 5) is 28.9. The number of piperidine rings is 1. The molecule has 2 atom stereocenters. The van der Waals surface area contributed by atoms with Crippen LogP contribution < -0.4 is 0 Å². The third-order valence-corrected chi connectivity index (χ3v) is 4.91. The fourth-order valence-electron chi connectivity index (χ4n) is 3.77. The zero-order valence-corrected chi connectivity index (χ0v) is 13.1. The van der Waals surface area contributed by atoms with Crippen LogP contribution in [0.5, 0.6) is 0 Å². The monoisotopic (exact) mass is 311 g/mol. The number of amides is 1. The minimum Gasteiger partial charge on any atom is -0.348 e. The molecule has 0 radical (unpaired) electrons. The maximum Gasteiger partial charge on any atom is 0.272 e. The molecule has 2 aromatic heterocycles. The summed E-state index contributed by atoms with van der Waals surface area (Å²) in [5, 5.41) is 0. The number of carbonyl (C=O) groups is 1. The first kappa shape index (κ1) is 14.4. The molecule has 0 spiro atoms. The molecule has 3 aliphatic rings. The SMILES string of the molecule is O=C(c1ccccn1)N1C[C@@H]2CC[C@H](C1)N(Cc1ncc[nH]1)C2. The summed E-state index contributed by atoms with van der Waals surface area (Å²) in [6.07, 6.45) is 7.69. The summed E-state index contributed by atoms with van der Waals surface area (Å²) < 4.78 is 0. The lowest BCUT2D eigenvalue weighted by Crippen LogP contribution is -2.44. The lowest BCUT2D eigenvalue weighted by atomic mass is 9.95. The fraction of sp³-hybridized carbons (Fsp3) is 0.471. The average molecular weight is 311 g/mol. The molecule has 0 unspecified atom stereocenters. The van der Waals surface area contributed by atoms with Crippen molar-refractivity contribution in [2.45, 2.75) is 25.4 Å². The van der Waals surface area contributed by atoms with Gasteiger partial charge in [-0.25, -0.2) is 4.98 Å². The molecule has 0 saturated carbocycles. The summed E-state index contributed by atoms with van der Waals surface area (Å²) in [6, 6.07) is 5.92. The van der Waals surface area contributed by atoms with E-state index in [-0.39, 0.29) is 5.91 Å². The zero-order chi connectivity index (χ0) is 15.6. The summed E-state index contributed by atoms with van der Waals surface area (Å²) in [5.74, 6) is 1.60. The smallest absolute Gasteiger partial charge is 0.272 e. The van der Waals surface area contributed by atoms with Gasteiger partial charge in [-0.2, -0.15) is 0 Å². The van der Waals surface area contributed by atoms with Crippen LogP contribution in [0.4, 0.5) is 0 Å². The molecule has 6 nitrogen and oxygen atoms in total. The Morgan fingerprint density at radius 1 is 1.17 bits per heavy atom. The number of fused-ring (bicyclic) bond motifs is 4. The van der Waals surface area contributed by atoms with Gasteiger partial charge in [0.2, 0.25) is 0 Å². The molecule has 2 bridgehead atoms. The van der Waals surface area contributed by atoms with Crippen LogP contribution in [-0.4, -0.2) is 56.3 Å². The first-order valence-electron chi connectivity index (χ1n) is 8.22. The van der Waals surface area contributed by atoms with Gasteiger partial charge < -0.3 is 9.88 Å². The van der Waals surface area contributed by atoms with Crippen molar-refractivity contribution in [3.63, 3.8) is 0 Å². The number of aromatic nitrogens is 3. The van der Waals surface area contributed by atoms with Crippen LogP contribution in [0.1, 0.15) is 29.2 Å². The molecular formula is C17H21N5O. The lowest BCUT2D eigenvalue weighted by molar-refractivity contribution is 0.0729. The van der Waals surface area contributed by atoms with Crippen molar-refractivity contribution in [2.24, 2.45) is 5.92 Å². The van der Waals surface area contributed by atoms with Crippen molar-refractivity contribution >= 4 is 5.91 Å². The summed E-state index contributed by atoms with van der Waals surface area (Å²) >= 11 is 0. The lowest BCUT2D eigenvalue weighted by Gasteiger charge is -2.35. The van der Waals surface area contributed by atoms with Gasteiger partial charge >= 0.3 is 0 Å². The Kier molecular flexibility index (Phi) is 3.83. The van der Waals surface area contributed by atoms with Crippen molar-refractivity contribution in [1.82, 2.24) is 24.8 Å². The number of H-pyrrole nitrogens is 1. The van der Waals surface area contributed by atoms with E-state index in [0.717, 1.165) is 38.4 Å². The Balaban J connectivity index is 1.50. The predicted molar refractivity (Wildman–Crippen MR) is 85.7 cm³/mol. The van der Waals surface area contributed by atoms with E-state index in [0.29, 0.717) is 17.7 Å². The molecule has 2 aromatic rings. The van der Waals surface area contributed by atoms with Gasteiger partial charge in [-0.1, -0.05) is 6.07 Å². The van der Waals surface area contributed by atoms with Gasteiger partial charge in [-0.3, -0.25) is 14.7 Å². The van der Waals surface area contributed by atoms with Crippen molar-refractivity contribution in [2.75, 3.05) is 19.6 Å². The molecule has 0 aromatic carbocycles. The molecule has 23 heavy (non-hydrogen) atoms. The average Bonchev–Trinajstić information content (AvgIpc) is 2.93. The number of nitrogens with zero attached hydrogens (tertiary/aromatic N) is 4. The Labute approximate surface area is 135 Å². The molecule has 3 aliphatic heterocycles. The summed E-state index contributed by atoms with van der Waals surface area (Å²) in [7, 11) is 0. The number of carbonyl (C=O) groups excluding carboxylic acids is 1. The standard InChI is InChI=1S/C17H21N5O/c23-17(15-3-1-2-6-18-15)22-10-13-4-5-14(11-22)21(9-13)12-16-19-7-8-20-16/h1-3,6-8,13-14H,4-5,9-12H2,(H,19,20)/t13-,14-/m1/s1. The van der Waals surface area contributed by atoms with Gasteiger partial charge in [0.15, 0.2) is 0 Å². The van der Waals surface area contributed by atoms with Crippen LogP contribution in [0, 0.1) is 5.92 Å². The molecule has 1 N–H and O–H groups in total. The number of aromatic amines is 1. The van der Waals surface area contributed by atoms with Crippen LogP contribution in [0.2, 0.25) is 0 Å². The highest BCUT2D eigenvalue weighted by Crippen LogP contribution is 2.29. The van der Waals surface area contributed by atoms with E-state index in [9.17, 15) is 4.79 Å². The topological polar surface area (TPSA) is 65.1 Å². The van der Waals surface area contributed by atoms with Crippen molar-refractivity contribution in [3.05, 3.63) is 48.3 Å². The van der Waals surface area contributed by atoms with Gasteiger partial charge in [0.1, 0.15) is 11.5 Å². The van der Waals surface area contributed by atoms with Crippen LogP contribution in [0.3, 0.4) is 0 Å². The van der Waals surface area contributed by atoms with Crippen molar-refractivity contribution < 1.29 is 4.79 Å². The quantitative estimate of drug-likeness (QED) is 0.934. The van der Waals surface area contributed by atoms with Gasteiger partial charge in [-0.15, -0.1) is 0 Å². The van der Waals surface area contributed by atoms with Crippen molar-refractivity contribution in [1.29, 1.82) is 0 Å². The number of nitrogens with one attached hydrogen (secondary N) is 1. The normalized spacial score (nSPS) is 24.6. The largest absolute Gasteiger partial charge is 0.348 e. The van der Waals surface area contributed by atoms with Gasteiger partial charge in [0.25, 0.3) is 5.91 Å². The van der Waals surface area contributed by atoms with Gasteiger partial charge in [0, 0.05) is 44.3 Å². The maximum absolute atomic E-state index is 12.7. The highest BCUT2D eigenvalue weighted by molar-refractivity contribution is 5.92. The minimum absolute atomic E-state index is 0.0577. The molecule has 5 heterocycles. The second-order valence-corrected chi connectivity index (χ2v) is 6.49. The number of imidazole rings is 1. The minimum atomic E-state index is 0.0577. The van der Waals surface area contributed by atoms with E-state index in [1.54, 1.807) is 18.5 Å². The molecule has 3 saturated heterocycles. The molecule has 5 rings (SSSR count). The van der Waals surface area contributed by atoms with E-state index in [4.69, 9.17) is 0 Å². The predicted octanol–water partition coefficient (Wildman–Crippen LogP) is 1.54. The number of hydrogen-bond donors (Lipinski definition) is 1. The number of rotatable bonds is 3. The molecule has 120 valence electrons. The molecule has 6 heteroatoms.